The second-order valence-electron chi connectivity index (χ2n) is 5.46. The fourth-order valence-corrected chi connectivity index (χ4v) is 3.43. The lowest BCUT2D eigenvalue weighted by molar-refractivity contribution is 0.0431. The van der Waals surface area contributed by atoms with Gasteiger partial charge in [0.15, 0.2) is 0 Å². The number of rotatable bonds is 13. The van der Waals surface area contributed by atoms with Crippen LogP contribution in [0.25, 0.3) is 0 Å². The molecule has 0 amide bonds. The predicted octanol–water partition coefficient (Wildman–Crippen LogP) is 4.54. The summed E-state index contributed by atoms with van der Waals surface area (Å²) in [5.41, 5.74) is -0.328. The molecule has 0 aliphatic heterocycles. The van der Waals surface area contributed by atoms with Crippen LogP contribution in [0.3, 0.4) is 0 Å². The fraction of sp³-hybridized carbons (Fsp3) is 1.00. The number of alkyl halides is 6. The van der Waals surface area contributed by atoms with Crippen molar-refractivity contribution in [1.82, 2.24) is 0 Å². The summed E-state index contributed by atoms with van der Waals surface area (Å²) in [7, 11) is -4.55. The van der Waals surface area contributed by atoms with Crippen LogP contribution in [0.4, 0.5) is 0 Å². The molecule has 0 saturated heterocycles. The minimum atomic E-state index is -4.55. The van der Waals surface area contributed by atoms with Gasteiger partial charge in [-0.2, -0.15) is 0 Å². The van der Waals surface area contributed by atoms with E-state index in [2.05, 4.69) is 0 Å². The Bertz CT molecular complexity index is 283. The van der Waals surface area contributed by atoms with Crippen LogP contribution in [0.2, 0.25) is 0 Å². The maximum Gasteiger partial charge on any atom is 0.671 e. The van der Waals surface area contributed by atoms with E-state index in [-0.39, 0.29) is 12.0 Å². The van der Waals surface area contributed by atoms with Gasteiger partial charge in [0.2, 0.25) is 0 Å². The summed E-state index contributed by atoms with van der Waals surface area (Å²) in [5, 5.41) is 0. The first-order chi connectivity index (χ1) is 10.5. The Kier molecular flexibility index (Phi) is 13.2. The molecule has 0 bridgehead atoms. The molecule has 0 aromatic rings. The molecular weight excluding hydrogens is 449 g/mol. The van der Waals surface area contributed by atoms with E-state index in [0.717, 1.165) is 0 Å². The molecule has 0 radical (unpaired) electrons. The van der Waals surface area contributed by atoms with E-state index >= 15 is 0 Å². The van der Waals surface area contributed by atoms with E-state index in [9.17, 15) is 0 Å². The molecule has 0 rings (SSSR count). The van der Waals surface area contributed by atoms with E-state index < -0.39 is 23.6 Å². The second-order valence-corrected chi connectivity index (χ2v) is 10.7. The second kappa shape index (κ2) is 12.2. The minimum absolute atomic E-state index is 0.0323. The van der Waals surface area contributed by atoms with Gasteiger partial charge in [0, 0.05) is 6.61 Å². The van der Waals surface area contributed by atoms with Crippen LogP contribution in [-0.2, 0) is 4.43 Å². The van der Waals surface area contributed by atoms with Crippen LogP contribution in [0.15, 0.2) is 0 Å². The van der Waals surface area contributed by atoms with Gasteiger partial charge in [-0.3, -0.25) is 0 Å². The summed E-state index contributed by atoms with van der Waals surface area (Å²) in [6.45, 7) is -0.0323. The molecule has 0 fully saturated rings. The zero-order valence-corrected chi connectivity index (χ0v) is 17.9. The molecule has 0 saturated carbocycles. The molecule has 0 aromatic carbocycles. The number of halogens is 6. The molecule has 4 nitrogen and oxygen atoms in total. The summed E-state index contributed by atoms with van der Waals surface area (Å²) in [4.78, 5) is 25.3. The van der Waals surface area contributed by atoms with Gasteiger partial charge in [-0.25, -0.2) is 0 Å². The molecule has 23 heavy (non-hydrogen) atoms. The van der Waals surface area contributed by atoms with Crippen molar-refractivity contribution in [3.63, 3.8) is 0 Å². The average Bonchev–Trinajstić information content (AvgIpc) is 2.38. The normalized spacial score (nSPS) is 13.6. The Labute approximate surface area is 168 Å². The summed E-state index contributed by atoms with van der Waals surface area (Å²) >= 11 is 35.0. The zero-order valence-electron chi connectivity index (χ0n) is 12.4. The first-order valence-electron chi connectivity index (χ1n) is 7.11. The van der Waals surface area contributed by atoms with Crippen LogP contribution >= 0.6 is 69.6 Å². The molecule has 11 heteroatoms. The molecule has 0 aliphatic rings. The Hall–Kier alpha value is 1.80. The van der Waals surface area contributed by atoms with Crippen LogP contribution in [0, 0.1) is 5.41 Å². The summed E-state index contributed by atoms with van der Waals surface area (Å²) < 4.78 is 4.71. The zero-order chi connectivity index (χ0) is 18.1. The standard InChI is InChI=1S/C12H22Cl6O4Si/c13-9(14)1-4-12(5-2-10(15)16,6-3-11(17)18)7-8-22-23(19,20)21/h9-11,19-21H,1-8H2. The molecule has 0 aliphatic carbocycles. The highest BCUT2D eigenvalue weighted by molar-refractivity contribution is 6.48. The van der Waals surface area contributed by atoms with Gasteiger partial charge < -0.3 is 18.8 Å². The third kappa shape index (κ3) is 14.6. The Morgan fingerprint density at radius 1 is 0.696 bits per heavy atom. The SMILES string of the molecule is O[Si](O)(O)OCCC(CCC(Cl)Cl)(CCC(Cl)Cl)CCC(Cl)Cl. The van der Waals surface area contributed by atoms with Crippen molar-refractivity contribution in [3.05, 3.63) is 0 Å². The maximum atomic E-state index is 8.97. The van der Waals surface area contributed by atoms with Gasteiger partial charge in [0.25, 0.3) is 0 Å². The van der Waals surface area contributed by atoms with Gasteiger partial charge in [-0.1, -0.05) is 0 Å². The van der Waals surface area contributed by atoms with Crippen molar-refractivity contribution in [3.8, 4) is 0 Å². The molecule has 140 valence electrons. The molecule has 0 heterocycles. The summed E-state index contributed by atoms with van der Waals surface area (Å²) in [6.07, 6.45) is 3.98. The lowest BCUT2D eigenvalue weighted by Gasteiger charge is -2.35. The topological polar surface area (TPSA) is 69.9 Å². The third-order valence-electron chi connectivity index (χ3n) is 3.61. The van der Waals surface area contributed by atoms with Crippen LogP contribution in [-0.4, -0.2) is 44.6 Å². The first-order valence-corrected chi connectivity index (χ1v) is 11.5. The van der Waals surface area contributed by atoms with Crippen molar-refractivity contribution in [2.24, 2.45) is 5.41 Å². The van der Waals surface area contributed by atoms with Crippen molar-refractivity contribution in [1.29, 1.82) is 0 Å². The third-order valence-corrected chi connectivity index (χ3v) is 5.51. The van der Waals surface area contributed by atoms with E-state index in [1.54, 1.807) is 0 Å². The largest absolute Gasteiger partial charge is 0.671 e. The van der Waals surface area contributed by atoms with Crippen LogP contribution in [0.5, 0.6) is 0 Å². The highest BCUT2D eigenvalue weighted by Gasteiger charge is 2.35. The molecule has 0 aromatic heterocycles. The first kappa shape index (κ1) is 24.8. The quantitative estimate of drug-likeness (QED) is 0.273. The summed E-state index contributed by atoms with van der Waals surface area (Å²) in [6, 6.07) is 0. The highest BCUT2D eigenvalue weighted by atomic mass is 35.5. The Morgan fingerprint density at radius 3 is 1.30 bits per heavy atom. The molecule has 3 N–H and O–H groups in total. The lowest BCUT2D eigenvalue weighted by Crippen LogP contribution is -2.40. The van der Waals surface area contributed by atoms with Crippen LogP contribution in [0.1, 0.15) is 44.9 Å². The fourth-order valence-electron chi connectivity index (χ4n) is 2.40. The Balaban J connectivity index is 4.93. The van der Waals surface area contributed by atoms with Crippen molar-refractivity contribution >= 4 is 78.7 Å². The smallest absolute Gasteiger partial charge is 0.368 e. The highest BCUT2D eigenvalue weighted by Crippen LogP contribution is 2.42. The van der Waals surface area contributed by atoms with Gasteiger partial charge in [-0.15, -0.1) is 69.6 Å². The average molecular weight is 471 g/mol. The number of hydrogen-bond acceptors (Lipinski definition) is 4. The molecule has 0 spiro atoms. The van der Waals surface area contributed by atoms with Crippen LogP contribution < -0.4 is 0 Å². The van der Waals surface area contributed by atoms with Gasteiger partial charge >= 0.3 is 9.05 Å². The van der Waals surface area contributed by atoms with Crippen molar-refractivity contribution in [2.45, 2.75) is 59.5 Å². The maximum absolute atomic E-state index is 8.97. The lowest BCUT2D eigenvalue weighted by atomic mass is 9.73. The van der Waals surface area contributed by atoms with Gasteiger partial charge in [0.05, 0.1) is 0 Å². The van der Waals surface area contributed by atoms with Gasteiger partial charge in [0.1, 0.15) is 14.5 Å². The van der Waals surface area contributed by atoms with Crippen molar-refractivity contribution < 1.29 is 18.8 Å². The Morgan fingerprint density at radius 2 is 1.04 bits per heavy atom. The van der Waals surface area contributed by atoms with Gasteiger partial charge in [-0.05, 0) is 50.4 Å². The van der Waals surface area contributed by atoms with E-state index in [4.69, 9.17) is 88.4 Å². The molecule has 0 atom stereocenters. The molecule has 0 unspecified atom stereocenters. The summed E-state index contributed by atoms with van der Waals surface area (Å²) in [5.74, 6) is 0. The van der Waals surface area contributed by atoms with E-state index in [1.807, 2.05) is 0 Å². The van der Waals surface area contributed by atoms with E-state index in [1.165, 1.54) is 0 Å². The van der Waals surface area contributed by atoms with Crippen molar-refractivity contribution in [2.75, 3.05) is 6.61 Å². The van der Waals surface area contributed by atoms with E-state index in [0.29, 0.717) is 44.9 Å². The minimum Gasteiger partial charge on any atom is -0.368 e. The monoisotopic (exact) mass is 468 g/mol. The number of hydrogen-bond donors (Lipinski definition) is 3. The predicted molar refractivity (Wildman–Crippen MR) is 99.6 cm³/mol. The molecular formula is C12H22Cl6O4Si.